The summed E-state index contributed by atoms with van der Waals surface area (Å²) >= 11 is 0. The quantitative estimate of drug-likeness (QED) is 0.0570. The molecule has 8 nitrogen and oxygen atoms in total. The predicted molar refractivity (Wildman–Crippen MR) is 168 cm³/mol. The molecule has 9 heteroatoms. The Balaban J connectivity index is 1.82. The van der Waals surface area contributed by atoms with Crippen molar-refractivity contribution in [2.24, 2.45) is 0 Å². The van der Waals surface area contributed by atoms with Crippen molar-refractivity contribution in [1.82, 2.24) is 5.32 Å². The minimum Gasteiger partial charge on any atom is -0.395 e. The van der Waals surface area contributed by atoms with Crippen LogP contribution in [0.15, 0.2) is 24.3 Å². The van der Waals surface area contributed by atoms with E-state index in [1.54, 1.807) is 0 Å². The highest BCUT2D eigenvalue weighted by Gasteiger charge is 2.22. The van der Waals surface area contributed by atoms with Crippen LogP contribution >= 0.6 is 7.82 Å². The average Bonchev–Trinajstić information content (AvgIpc) is 2.92. The van der Waals surface area contributed by atoms with E-state index in [2.05, 4.69) is 5.32 Å². The van der Waals surface area contributed by atoms with Gasteiger partial charge in [0.05, 0.1) is 34.4 Å². The van der Waals surface area contributed by atoms with Crippen LogP contribution in [0, 0.1) is 0 Å². The number of hydrogen-bond donors (Lipinski definition) is 3. The van der Waals surface area contributed by atoms with Gasteiger partial charge in [-0.2, -0.15) is 0 Å². The lowest BCUT2D eigenvalue weighted by Gasteiger charge is -2.24. The largest absolute Gasteiger partial charge is 0.472 e. The second-order valence-corrected chi connectivity index (χ2v) is 13.7. The van der Waals surface area contributed by atoms with Crippen LogP contribution in [-0.4, -0.2) is 74.4 Å². The maximum Gasteiger partial charge on any atom is 0.472 e. The van der Waals surface area contributed by atoms with Gasteiger partial charge in [-0.25, -0.2) is 4.57 Å². The molecule has 1 aromatic carbocycles. The maximum atomic E-state index is 11.9. The first kappa shape index (κ1) is 37.7. The highest BCUT2D eigenvalue weighted by atomic mass is 31.2. The van der Waals surface area contributed by atoms with E-state index in [-0.39, 0.29) is 32.3 Å². The van der Waals surface area contributed by atoms with Gasteiger partial charge in [0.25, 0.3) is 5.91 Å². The summed E-state index contributed by atoms with van der Waals surface area (Å²) in [7, 11) is 2.12. The first-order chi connectivity index (χ1) is 19.6. The molecule has 1 atom stereocenters. The second kappa shape index (κ2) is 23.2. The number of unbranched alkanes of at least 4 members (excludes halogenated alkanes) is 15. The molecule has 0 bridgehead atoms. The zero-order valence-electron chi connectivity index (χ0n) is 26.3. The smallest absolute Gasteiger partial charge is 0.395 e. The number of likely N-dealkylation sites (N-methyl/N-ethyl adjacent to an activating group) is 1. The minimum absolute atomic E-state index is 0.0415. The molecule has 1 aromatic rings. The van der Waals surface area contributed by atoms with Gasteiger partial charge < -0.3 is 19.8 Å². The van der Waals surface area contributed by atoms with Crippen LogP contribution in [0.5, 0.6) is 0 Å². The number of nitrogens with zero attached hydrogens (tertiary/aromatic N) is 1. The molecular formula is C32H60N2O6P+. The van der Waals surface area contributed by atoms with Gasteiger partial charge in [0, 0.05) is 12.1 Å². The van der Waals surface area contributed by atoms with E-state index >= 15 is 0 Å². The average molecular weight is 600 g/mol. The van der Waals surface area contributed by atoms with Crippen LogP contribution in [0.3, 0.4) is 0 Å². The number of phosphoric acid groups is 1. The lowest BCUT2D eigenvalue weighted by atomic mass is 10.0. The fourth-order valence-corrected chi connectivity index (χ4v) is 5.39. The van der Waals surface area contributed by atoms with Crippen LogP contribution in [0.2, 0.25) is 0 Å². The molecule has 0 saturated carbocycles. The fraction of sp³-hybridized carbons (Fsp3) is 0.781. The Kier molecular flexibility index (Phi) is 21.4. The Morgan fingerprint density at radius 1 is 0.732 bits per heavy atom. The van der Waals surface area contributed by atoms with Crippen LogP contribution < -0.4 is 5.32 Å². The van der Waals surface area contributed by atoms with Gasteiger partial charge in [0.15, 0.2) is 0 Å². The lowest BCUT2D eigenvalue weighted by Crippen LogP contribution is -2.37. The van der Waals surface area contributed by atoms with Crippen LogP contribution in [-0.2, 0) is 20.0 Å². The molecule has 3 N–H and O–H groups in total. The Labute approximate surface area is 250 Å². The van der Waals surface area contributed by atoms with Crippen molar-refractivity contribution in [3.63, 3.8) is 0 Å². The molecule has 0 aliphatic rings. The number of phosphoric ester groups is 1. The van der Waals surface area contributed by atoms with Crippen LogP contribution in [0.4, 0.5) is 0 Å². The van der Waals surface area contributed by atoms with Gasteiger partial charge >= 0.3 is 7.82 Å². The SMILES string of the molecule is C[N+](C)(C)CCOP(=O)(O)OCCCCCCCCCCCCCCCCCCc1ccc(C(=O)NCCO)cc1. The van der Waals surface area contributed by atoms with Gasteiger partial charge in [0.2, 0.25) is 0 Å². The van der Waals surface area contributed by atoms with Crippen molar-refractivity contribution in [2.45, 2.75) is 109 Å². The van der Waals surface area contributed by atoms with Gasteiger partial charge in [0.1, 0.15) is 13.2 Å². The predicted octanol–water partition coefficient (Wildman–Crippen LogP) is 7.03. The lowest BCUT2D eigenvalue weighted by molar-refractivity contribution is -0.870. The summed E-state index contributed by atoms with van der Waals surface area (Å²) in [6, 6.07) is 7.81. The number of carbonyl (C=O) groups is 1. The van der Waals surface area contributed by atoms with Crippen molar-refractivity contribution in [2.75, 3.05) is 54.1 Å². The number of aryl methyl sites for hydroxylation is 1. The van der Waals surface area contributed by atoms with Gasteiger partial charge in [-0.05, 0) is 37.0 Å². The van der Waals surface area contributed by atoms with Gasteiger partial charge in [-0.1, -0.05) is 102 Å². The molecule has 0 heterocycles. The van der Waals surface area contributed by atoms with Crippen molar-refractivity contribution in [3.8, 4) is 0 Å². The Hall–Kier alpha value is -1.28. The Morgan fingerprint density at radius 2 is 1.17 bits per heavy atom. The van der Waals surface area contributed by atoms with Crippen molar-refractivity contribution in [1.29, 1.82) is 0 Å². The molecule has 1 unspecified atom stereocenters. The first-order valence-electron chi connectivity index (χ1n) is 16.0. The molecule has 1 rings (SSSR count). The topological polar surface area (TPSA) is 105 Å². The number of quaternary nitrogens is 1. The number of nitrogens with one attached hydrogen (secondary N) is 1. The third-order valence-electron chi connectivity index (χ3n) is 7.24. The first-order valence-corrected chi connectivity index (χ1v) is 17.5. The number of carbonyl (C=O) groups excluding carboxylic acids is 1. The number of rotatable bonds is 27. The molecule has 1 amide bonds. The second-order valence-electron chi connectivity index (χ2n) is 12.2. The molecule has 0 saturated heterocycles. The summed E-state index contributed by atoms with van der Waals surface area (Å²) in [5.74, 6) is -0.131. The molecule has 0 aromatic heterocycles. The zero-order chi connectivity index (χ0) is 30.2. The van der Waals surface area contributed by atoms with Crippen LogP contribution in [0.25, 0.3) is 0 Å². The Morgan fingerprint density at radius 3 is 1.63 bits per heavy atom. The number of hydrogen-bond acceptors (Lipinski definition) is 5. The van der Waals surface area contributed by atoms with E-state index in [9.17, 15) is 14.3 Å². The third kappa shape index (κ3) is 22.9. The monoisotopic (exact) mass is 599 g/mol. The fourth-order valence-electron chi connectivity index (χ4n) is 4.65. The van der Waals surface area contributed by atoms with E-state index in [4.69, 9.17) is 14.2 Å². The van der Waals surface area contributed by atoms with Crippen molar-refractivity contribution in [3.05, 3.63) is 35.4 Å². The molecule has 0 aliphatic heterocycles. The third-order valence-corrected chi connectivity index (χ3v) is 8.26. The molecule has 0 fully saturated rings. The minimum atomic E-state index is -3.91. The molecular weight excluding hydrogens is 539 g/mol. The summed E-state index contributed by atoms with van der Waals surface area (Å²) in [6.07, 6.45) is 21.0. The van der Waals surface area contributed by atoms with E-state index in [1.807, 2.05) is 45.4 Å². The normalized spacial score (nSPS) is 13.3. The number of amides is 1. The van der Waals surface area contributed by atoms with E-state index in [1.165, 1.54) is 89.0 Å². The van der Waals surface area contributed by atoms with Crippen molar-refractivity contribution < 1.29 is 32.9 Å². The highest BCUT2D eigenvalue weighted by Crippen LogP contribution is 2.43. The summed E-state index contributed by atoms with van der Waals surface area (Å²) in [5.41, 5.74) is 1.93. The summed E-state index contributed by atoms with van der Waals surface area (Å²) in [5, 5.41) is 11.5. The van der Waals surface area contributed by atoms with E-state index < -0.39 is 7.82 Å². The molecule has 0 spiro atoms. The molecule has 0 aliphatic carbocycles. The number of aliphatic hydroxyl groups is 1. The highest BCUT2D eigenvalue weighted by molar-refractivity contribution is 7.47. The zero-order valence-corrected chi connectivity index (χ0v) is 27.2. The summed E-state index contributed by atoms with van der Waals surface area (Å²) < 4.78 is 22.6. The van der Waals surface area contributed by atoms with E-state index in [0.29, 0.717) is 16.6 Å². The standard InChI is InChI=1S/C32H59N2O6P/c1-34(2,3)26-29-40-41(37,38)39-28-19-17-15-13-11-9-7-5-4-6-8-10-12-14-16-18-20-30-21-23-31(24-22-30)32(36)33-25-27-35/h21-24,35H,4-20,25-29H2,1-3H3,(H-,33,36,37,38)/p+1. The molecule has 41 heavy (non-hydrogen) atoms. The Bertz CT molecular complexity index is 828. The van der Waals surface area contributed by atoms with Crippen LogP contribution in [0.1, 0.15) is 119 Å². The molecule has 0 radical (unpaired) electrons. The maximum absolute atomic E-state index is 11.9. The van der Waals surface area contributed by atoms with Gasteiger partial charge in [-0.3, -0.25) is 13.8 Å². The van der Waals surface area contributed by atoms with Crippen molar-refractivity contribution >= 4 is 13.7 Å². The van der Waals surface area contributed by atoms with E-state index in [0.717, 1.165) is 25.7 Å². The molecule has 238 valence electrons. The summed E-state index contributed by atoms with van der Waals surface area (Å²) in [6.45, 7) is 1.40. The van der Waals surface area contributed by atoms with Gasteiger partial charge in [-0.15, -0.1) is 0 Å². The summed E-state index contributed by atoms with van der Waals surface area (Å²) in [4.78, 5) is 21.6. The number of aliphatic hydroxyl groups excluding tert-OH is 1. The number of benzene rings is 1.